The lowest BCUT2D eigenvalue weighted by Gasteiger charge is -2.72. The van der Waals surface area contributed by atoms with Gasteiger partial charge < -0.3 is 15.2 Å². The molecule has 1 unspecified atom stereocenters. The number of carboxylic acid groups (broad SMARTS) is 1. The van der Waals surface area contributed by atoms with Crippen LogP contribution < -0.4 is 5.32 Å². The fraction of sp³-hybridized carbons (Fsp3) is 0.286. The van der Waals surface area contributed by atoms with Crippen molar-refractivity contribution >= 4 is 23.7 Å². The number of fused-ring (bicyclic) bond motifs is 3. The number of hydrogen-bond donors (Lipinski definition) is 2. The number of aliphatic carboxylic acids is 1. The van der Waals surface area contributed by atoms with Gasteiger partial charge in [0.05, 0.1) is 0 Å². The summed E-state index contributed by atoms with van der Waals surface area (Å²) >= 11 is 6.39. The second-order valence-corrected chi connectivity index (χ2v) is 10.3. The standard InChI is InChI=1S/C28H24ClNO4/c29-23-12-6-5-11-22(23)27-14-28(15-27,16-27)24(25(31)32)30-26(33)34-13-21-19-9-3-1-7-17(19)18-8-2-4-10-20(18)21/h1-12,21,24H,13-16H2,(H,30,33)(H,31,32). The van der Waals surface area contributed by atoms with Gasteiger partial charge in [-0.3, -0.25) is 0 Å². The van der Waals surface area contributed by atoms with E-state index in [1.165, 1.54) is 0 Å². The highest BCUT2D eigenvalue weighted by Gasteiger charge is 2.73. The molecule has 1 amide bonds. The van der Waals surface area contributed by atoms with Crippen molar-refractivity contribution < 1.29 is 19.4 Å². The van der Waals surface area contributed by atoms with Crippen molar-refractivity contribution in [2.75, 3.05) is 6.61 Å². The number of carbonyl (C=O) groups excluding carboxylic acids is 1. The Morgan fingerprint density at radius 1 is 0.941 bits per heavy atom. The van der Waals surface area contributed by atoms with Crippen LogP contribution in [0.15, 0.2) is 72.8 Å². The molecule has 0 heterocycles. The van der Waals surface area contributed by atoms with Crippen molar-refractivity contribution in [3.8, 4) is 11.1 Å². The van der Waals surface area contributed by atoms with Crippen LogP contribution in [0, 0.1) is 5.41 Å². The molecule has 172 valence electrons. The summed E-state index contributed by atoms with van der Waals surface area (Å²) in [5.41, 5.74) is 5.08. The molecule has 5 nitrogen and oxygen atoms in total. The Hall–Kier alpha value is -3.31. The maximum absolute atomic E-state index is 12.7. The Morgan fingerprint density at radius 3 is 2.09 bits per heavy atom. The third-order valence-electron chi connectivity index (χ3n) is 7.98. The molecular weight excluding hydrogens is 450 g/mol. The molecule has 3 saturated carbocycles. The summed E-state index contributed by atoms with van der Waals surface area (Å²) in [6.07, 6.45) is 1.41. The van der Waals surface area contributed by atoms with Gasteiger partial charge in [-0.05, 0) is 58.6 Å². The van der Waals surface area contributed by atoms with Crippen LogP contribution in [0.1, 0.15) is 41.9 Å². The minimum absolute atomic E-state index is 0.0696. The number of nitrogens with one attached hydrogen (secondary N) is 1. The highest BCUT2D eigenvalue weighted by molar-refractivity contribution is 6.31. The van der Waals surface area contributed by atoms with Crippen molar-refractivity contribution in [2.45, 2.75) is 36.6 Å². The Labute approximate surface area is 202 Å². The lowest BCUT2D eigenvalue weighted by Crippen LogP contribution is -2.73. The molecule has 4 aliphatic carbocycles. The van der Waals surface area contributed by atoms with E-state index in [0.717, 1.165) is 27.8 Å². The van der Waals surface area contributed by atoms with Gasteiger partial charge in [-0.1, -0.05) is 78.3 Å². The summed E-state index contributed by atoms with van der Waals surface area (Å²) in [5, 5.41) is 13.3. The first-order valence-electron chi connectivity index (χ1n) is 11.5. The molecule has 2 N–H and O–H groups in total. The van der Waals surface area contributed by atoms with E-state index in [-0.39, 0.29) is 17.9 Å². The van der Waals surface area contributed by atoms with E-state index < -0.39 is 23.5 Å². The molecular formula is C28H24ClNO4. The topological polar surface area (TPSA) is 75.6 Å². The molecule has 3 aromatic carbocycles. The Bertz CT molecular complexity index is 1250. The minimum atomic E-state index is -1.03. The number of carboxylic acids is 1. The third kappa shape index (κ3) is 3.07. The van der Waals surface area contributed by atoms with Crippen LogP contribution in [0.4, 0.5) is 4.79 Å². The van der Waals surface area contributed by atoms with Crippen molar-refractivity contribution in [3.63, 3.8) is 0 Å². The van der Waals surface area contributed by atoms with E-state index in [9.17, 15) is 14.7 Å². The zero-order valence-corrected chi connectivity index (χ0v) is 19.2. The molecule has 0 aliphatic heterocycles. The lowest BCUT2D eigenvalue weighted by molar-refractivity contribution is -0.183. The van der Waals surface area contributed by atoms with Crippen LogP contribution in [0.25, 0.3) is 11.1 Å². The second-order valence-electron chi connectivity index (χ2n) is 9.89. The van der Waals surface area contributed by atoms with E-state index in [2.05, 4.69) is 29.6 Å². The van der Waals surface area contributed by atoms with Crippen LogP contribution in [0.2, 0.25) is 5.02 Å². The van der Waals surface area contributed by atoms with Gasteiger partial charge in [0.1, 0.15) is 12.6 Å². The molecule has 2 bridgehead atoms. The van der Waals surface area contributed by atoms with Gasteiger partial charge in [0, 0.05) is 16.4 Å². The van der Waals surface area contributed by atoms with Crippen molar-refractivity contribution in [2.24, 2.45) is 5.41 Å². The number of rotatable bonds is 6. The summed E-state index contributed by atoms with van der Waals surface area (Å²) in [6.45, 7) is 0.156. The van der Waals surface area contributed by atoms with Gasteiger partial charge >= 0.3 is 12.1 Å². The summed E-state index contributed by atoms with van der Waals surface area (Å²) in [6, 6.07) is 23.0. The predicted molar refractivity (Wildman–Crippen MR) is 129 cm³/mol. The molecule has 3 fully saturated rings. The van der Waals surface area contributed by atoms with Crippen LogP contribution in [-0.2, 0) is 14.9 Å². The SMILES string of the molecule is O=C(NC(C(=O)O)C12CC(c3ccccc3Cl)(C1)C2)OCC1c2ccccc2-c2ccccc21. The smallest absolute Gasteiger partial charge is 0.407 e. The Balaban J connectivity index is 1.13. The van der Waals surface area contributed by atoms with Gasteiger partial charge in [-0.25, -0.2) is 9.59 Å². The van der Waals surface area contributed by atoms with Crippen LogP contribution in [0.3, 0.4) is 0 Å². The highest BCUT2D eigenvalue weighted by atomic mass is 35.5. The molecule has 0 aromatic heterocycles. The summed E-state index contributed by atoms with van der Waals surface area (Å²) in [4.78, 5) is 24.8. The van der Waals surface area contributed by atoms with Crippen LogP contribution in [-0.4, -0.2) is 29.8 Å². The first kappa shape index (κ1) is 21.2. The monoisotopic (exact) mass is 473 g/mol. The third-order valence-corrected chi connectivity index (χ3v) is 8.31. The van der Waals surface area contributed by atoms with Crippen LogP contribution >= 0.6 is 11.6 Å². The largest absolute Gasteiger partial charge is 0.480 e. The number of hydrogen-bond acceptors (Lipinski definition) is 3. The van der Waals surface area contributed by atoms with Crippen molar-refractivity contribution in [1.82, 2.24) is 5.32 Å². The summed E-state index contributed by atoms with van der Waals surface area (Å²) in [5.74, 6) is -1.10. The van der Waals surface area contributed by atoms with E-state index in [1.54, 1.807) is 0 Å². The molecule has 1 atom stereocenters. The van der Waals surface area contributed by atoms with Gasteiger partial charge in [0.2, 0.25) is 0 Å². The first-order chi connectivity index (χ1) is 16.4. The second kappa shape index (κ2) is 7.60. The molecule has 0 radical (unpaired) electrons. The fourth-order valence-corrected chi connectivity index (χ4v) is 6.92. The van der Waals surface area contributed by atoms with Gasteiger partial charge in [-0.2, -0.15) is 0 Å². The van der Waals surface area contributed by atoms with Gasteiger partial charge in [-0.15, -0.1) is 0 Å². The average Bonchev–Trinajstić information content (AvgIpc) is 3.10. The number of amides is 1. The van der Waals surface area contributed by atoms with Crippen LogP contribution in [0.5, 0.6) is 0 Å². The van der Waals surface area contributed by atoms with Crippen molar-refractivity contribution in [3.05, 3.63) is 94.5 Å². The molecule has 4 aliphatic rings. The van der Waals surface area contributed by atoms with E-state index >= 15 is 0 Å². The fourth-order valence-electron chi connectivity index (χ4n) is 6.58. The van der Waals surface area contributed by atoms with E-state index in [1.807, 2.05) is 48.5 Å². The normalized spacial score (nSPS) is 24.7. The maximum atomic E-state index is 12.7. The number of ether oxygens (including phenoxy) is 1. The zero-order valence-electron chi connectivity index (χ0n) is 18.5. The average molecular weight is 474 g/mol. The molecule has 7 rings (SSSR count). The Kier molecular flexibility index (Phi) is 4.75. The van der Waals surface area contributed by atoms with Gasteiger partial charge in [0.15, 0.2) is 0 Å². The van der Waals surface area contributed by atoms with E-state index in [4.69, 9.17) is 16.3 Å². The molecule has 0 saturated heterocycles. The molecule has 3 aromatic rings. The predicted octanol–water partition coefficient (Wildman–Crippen LogP) is 5.75. The zero-order chi connectivity index (χ0) is 23.5. The van der Waals surface area contributed by atoms with E-state index in [0.29, 0.717) is 24.3 Å². The quantitative estimate of drug-likeness (QED) is 0.477. The number of benzene rings is 3. The Morgan fingerprint density at radius 2 is 1.50 bits per heavy atom. The number of alkyl carbamates (subject to hydrolysis) is 1. The molecule has 0 spiro atoms. The minimum Gasteiger partial charge on any atom is -0.480 e. The first-order valence-corrected chi connectivity index (χ1v) is 11.9. The molecule has 6 heteroatoms. The summed E-state index contributed by atoms with van der Waals surface area (Å²) in [7, 11) is 0. The highest BCUT2D eigenvalue weighted by Crippen LogP contribution is 2.75. The lowest BCUT2D eigenvalue weighted by atomic mass is 9.31. The summed E-state index contributed by atoms with van der Waals surface area (Å²) < 4.78 is 5.60. The van der Waals surface area contributed by atoms with Gasteiger partial charge in [0.25, 0.3) is 0 Å². The number of carbonyl (C=O) groups is 2. The van der Waals surface area contributed by atoms with Crippen molar-refractivity contribution in [1.29, 1.82) is 0 Å². The maximum Gasteiger partial charge on any atom is 0.407 e. The molecule has 34 heavy (non-hydrogen) atoms. The number of halogens is 1.